The number of esters is 1. The van der Waals surface area contributed by atoms with E-state index < -0.39 is 18.7 Å². The molecule has 2 heterocycles. The van der Waals surface area contributed by atoms with Crippen LogP contribution < -0.4 is 15.0 Å². The van der Waals surface area contributed by atoms with Gasteiger partial charge in [-0.3, -0.25) is 9.69 Å². The molecule has 15 heteroatoms. The van der Waals surface area contributed by atoms with Crippen molar-refractivity contribution in [1.82, 2.24) is 14.8 Å². The first-order valence-corrected chi connectivity index (χ1v) is 15.9. The van der Waals surface area contributed by atoms with Crippen LogP contribution in [0.15, 0.2) is 72.0 Å². The van der Waals surface area contributed by atoms with E-state index in [1.54, 1.807) is 18.2 Å². The number of ether oxygens (including phenoxy) is 2. The molecule has 0 bridgehead atoms. The number of halogens is 3. The Balaban J connectivity index is 1.28. The lowest BCUT2D eigenvalue weighted by molar-refractivity contribution is -0.274. The zero-order valence-corrected chi connectivity index (χ0v) is 27.3. The number of amidine groups is 1. The molecular formula is C33H33F3N6O5S. The highest BCUT2D eigenvalue weighted by Crippen LogP contribution is 2.34. The van der Waals surface area contributed by atoms with Crippen molar-refractivity contribution in [2.45, 2.75) is 52.2 Å². The van der Waals surface area contributed by atoms with Gasteiger partial charge in [0.1, 0.15) is 12.1 Å². The standard InChI is InChI=1S/C33H33F3N6O5S/c1-19(2)24-12-5-20(3)15-27(24)42-29(43)17-48-32(42)39-31(45)38-26-13-6-21(16-25(26)30(44)46-4)7-14-28-37-18-41(40-28)22-8-10-23(11-9-22)47-33(34,35)36/h5-6,8-13,15-16,18-19,31,38,45H,7,14,17H2,1-4H3. The Morgan fingerprint density at radius 1 is 1.10 bits per heavy atom. The maximum Gasteiger partial charge on any atom is 0.573 e. The van der Waals surface area contributed by atoms with Crippen molar-refractivity contribution in [3.8, 4) is 11.4 Å². The Kier molecular flexibility index (Phi) is 10.4. The van der Waals surface area contributed by atoms with E-state index in [4.69, 9.17) is 4.74 Å². The van der Waals surface area contributed by atoms with Crippen LogP contribution in [-0.2, 0) is 22.4 Å². The summed E-state index contributed by atoms with van der Waals surface area (Å²) in [5.41, 5.74) is 4.39. The fraction of sp³-hybridized carbons (Fsp3) is 0.303. The van der Waals surface area contributed by atoms with Gasteiger partial charge in [0.2, 0.25) is 12.3 Å². The fourth-order valence-electron chi connectivity index (χ4n) is 5.05. The number of methoxy groups -OCH3 is 1. The smallest absolute Gasteiger partial charge is 0.465 e. The summed E-state index contributed by atoms with van der Waals surface area (Å²) < 4.78 is 47.7. The second kappa shape index (κ2) is 14.5. The van der Waals surface area contributed by atoms with Crippen LogP contribution in [0.3, 0.4) is 0 Å². The maximum absolute atomic E-state index is 12.9. The highest BCUT2D eigenvalue weighted by molar-refractivity contribution is 8.15. The van der Waals surface area contributed by atoms with Gasteiger partial charge in [0.15, 0.2) is 11.0 Å². The first-order chi connectivity index (χ1) is 22.8. The minimum atomic E-state index is -4.78. The number of carbonyl (C=O) groups is 2. The number of nitrogens with zero attached hydrogens (tertiary/aromatic N) is 5. The molecule has 5 rings (SSSR count). The summed E-state index contributed by atoms with van der Waals surface area (Å²) in [7, 11) is 1.25. The second-order valence-corrected chi connectivity index (χ2v) is 12.1. The number of amides is 1. The minimum absolute atomic E-state index is 0.147. The number of hydrogen-bond acceptors (Lipinski definition) is 10. The number of aryl methyl sites for hydroxylation is 3. The number of alkyl halides is 3. The van der Waals surface area contributed by atoms with Gasteiger partial charge in [-0.2, -0.15) is 5.10 Å². The predicted molar refractivity (Wildman–Crippen MR) is 176 cm³/mol. The highest BCUT2D eigenvalue weighted by atomic mass is 32.2. The van der Waals surface area contributed by atoms with E-state index in [0.717, 1.165) is 22.4 Å². The summed E-state index contributed by atoms with van der Waals surface area (Å²) in [4.78, 5) is 35.8. The SMILES string of the molecule is COC(=O)c1cc(CCc2ncn(-c3ccc(OC(F)(F)F)cc3)n2)ccc1NC(O)N=C1SCC(=O)N1c1cc(C)ccc1C(C)C. The Labute approximate surface area is 278 Å². The highest BCUT2D eigenvalue weighted by Gasteiger charge is 2.33. The first-order valence-electron chi connectivity index (χ1n) is 14.9. The molecule has 1 amide bonds. The van der Waals surface area contributed by atoms with Crippen molar-refractivity contribution < 1.29 is 37.3 Å². The summed E-state index contributed by atoms with van der Waals surface area (Å²) in [5, 5.41) is 18.5. The molecule has 0 spiro atoms. The van der Waals surface area contributed by atoms with E-state index in [2.05, 4.69) is 25.1 Å². The van der Waals surface area contributed by atoms with Crippen LogP contribution in [0.2, 0.25) is 0 Å². The van der Waals surface area contributed by atoms with Crippen molar-refractivity contribution in [3.63, 3.8) is 0 Å². The van der Waals surface area contributed by atoms with Gasteiger partial charge in [-0.25, -0.2) is 19.5 Å². The Morgan fingerprint density at radius 2 is 1.85 bits per heavy atom. The maximum atomic E-state index is 12.9. The van der Waals surface area contributed by atoms with Crippen molar-refractivity contribution in [2.75, 3.05) is 23.1 Å². The van der Waals surface area contributed by atoms with Crippen LogP contribution in [0.1, 0.15) is 52.6 Å². The van der Waals surface area contributed by atoms with Gasteiger partial charge in [-0.15, -0.1) is 13.2 Å². The number of aliphatic imine (C=N–C) groups is 1. The molecule has 2 N–H and O–H groups in total. The zero-order valence-electron chi connectivity index (χ0n) is 26.5. The van der Waals surface area contributed by atoms with Gasteiger partial charge in [0.25, 0.3) is 0 Å². The number of thioether (sulfide) groups is 1. The van der Waals surface area contributed by atoms with E-state index in [1.807, 2.05) is 39.0 Å². The Hall–Kier alpha value is -4.89. The molecule has 1 aromatic heterocycles. The summed E-state index contributed by atoms with van der Waals surface area (Å²) in [6.07, 6.45) is -3.98. The van der Waals surface area contributed by atoms with Gasteiger partial charge in [-0.1, -0.05) is 43.8 Å². The molecule has 0 saturated carbocycles. The lowest BCUT2D eigenvalue weighted by Gasteiger charge is -2.23. The molecule has 48 heavy (non-hydrogen) atoms. The fourth-order valence-corrected chi connectivity index (χ4v) is 5.94. The van der Waals surface area contributed by atoms with Crippen LogP contribution in [-0.4, -0.2) is 62.5 Å². The van der Waals surface area contributed by atoms with Crippen molar-refractivity contribution in [2.24, 2.45) is 4.99 Å². The van der Waals surface area contributed by atoms with Gasteiger partial charge in [0.05, 0.1) is 35.5 Å². The lowest BCUT2D eigenvalue weighted by Crippen LogP contribution is -2.32. The first kappa shape index (κ1) is 34.4. The molecule has 0 radical (unpaired) electrons. The summed E-state index contributed by atoms with van der Waals surface area (Å²) >= 11 is 1.22. The molecule has 1 aliphatic rings. The van der Waals surface area contributed by atoms with Gasteiger partial charge >= 0.3 is 12.3 Å². The molecule has 3 aromatic carbocycles. The van der Waals surface area contributed by atoms with E-state index in [-0.39, 0.29) is 34.6 Å². The van der Waals surface area contributed by atoms with Crippen LogP contribution in [0, 0.1) is 6.92 Å². The number of aliphatic hydroxyl groups excluding tert-OH is 1. The third kappa shape index (κ3) is 8.33. The third-order valence-electron chi connectivity index (χ3n) is 7.33. The number of hydrogen-bond donors (Lipinski definition) is 2. The normalized spacial score (nSPS) is 14.9. The number of nitrogens with one attached hydrogen (secondary N) is 1. The summed E-state index contributed by atoms with van der Waals surface area (Å²) in [5.74, 6) is -0.323. The van der Waals surface area contributed by atoms with Crippen LogP contribution in [0.5, 0.6) is 5.75 Å². The average Bonchev–Trinajstić information content (AvgIpc) is 3.65. The number of aromatic nitrogens is 3. The van der Waals surface area contributed by atoms with Crippen LogP contribution >= 0.6 is 11.8 Å². The van der Waals surface area contributed by atoms with E-state index in [0.29, 0.717) is 29.5 Å². The number of anilines is 2. The molecule has 1 atom stereocenters. The molecular weight excluding hydrogens is 649 g/mol. The van der Waals surface area contributed by atoms with Gasteiger partial charge in [-0.05, 0) is 78.4 Å². The summed E-state index contributed by atoms with van der Waals surface area (Å²) in [6, 6.07) is 16.2. The predicted octanol–water partition coefficient (Wildman–Crippen LogP) is 5.99. The van der Waals surface area contributed by atoms with Gasteiger partial charge in [0, 0.05) is 6.42 Å². The molecule has 1 fully saturated rings. The monoisotopic (exact) mass is 682 g/mol. The number of aliphatic hydroxyl groups is 1. The minimum Gasteiger partial charge on any atom is -0.465 e. The summed E-state index contributed by atoms with van der Waals surface area (Å²) in [6.45, 7) is 6.02. The van der Waals surface area contributed by atoms with Crippen LogP contribution in [0.4, 0.5) is 24.5 Å². The van der Waals surface area contributed by atoms with Crippen molar-refractivity contribution in [3.05, 3.63) is 95.1 Å². The molecule has 4 aromatic rings. The Morgan fingerprint density at radius 3 is 2.54 bits per heavy atom. The second-order valence-electron chi connectivity index (χ2n) is 11.2. The lowest BCUT2D eigenvalue weighted by atomic mass is 9.99. The number of carbonyl (C=O) groups excluding carboxylic acids is 2. The number of rotatable bonds is 11. The molecule has 0 aliphatic carbocycles. The third-order valence-corrected chi connectivity index (χ3v) is 8.27. The largest absolute Gasteiger partial charge is 0.573 e. The molecule has 252 valence electrons. The molecule has 1 saturated heterocycles. The van der Waals surface area contributed by atoms with Gasteiger partial charge < -0.3 is 19.9 Å². The van der Waals surface area contributed by atoms with E-state index in [1.165, 1.54) is 59.0 Å². The van der Waals surface area contributed by atoms with E-state index in [9.17, 15) is 27.9 Å². The quantitative estimate of drug-likeness (QED) is 0.145. The topological polar surface area (TPSA) is 131 Å². The van der Waals surface area contributed by atoms with E-state index >= 15 is 0 Å². The van der Waals surface area contributed by atoms with Crippen molar-refractivity contribution >= 4 is 40.2 Å². The Bertz CT molecular complexity index is 1830. The number of benzene rings is 3. The van der Waals surface area contributed by atoms with Crippen LogP contribution in [0.25, 0.3) is 5.69 Å². The zero-order chi connectivity index (χ0) is 34.6. The molecule has 11 nitrogen and oxygen atoms in total. The molecule has 1 unspecified atom stereocenters. The molecule has 1 aliphatic heterocycles. The van der Waals surface area contributed by atoms with Crippen molar-refractivity contribution in [1.29, 1.82) is 0 Å². The average molecular weight is 683 g/mol.